The summed E-state index contributed by atoms with van der Waals surface area (Å²) in [6.45, 7) is 0. The molecule has 0 atom stereocenters. The molecule has 3 aromatic rings. The number of halogens is 1. The standard InChI is InChI=1S/C19H15IN2O2/c1-24-18-10-9-14(16-7-2-3-8-17(16)18)12-21-22-19(23)13-5-4-6-15(20)11-13/h2-12H,1H3,(H,22,23). The van der Waals surface area contributed by atoms with Gasteiger partial charge in [0.25, 0.3) is 5.91 Å². The van der Waals surface area contributed by atoms with Crippen LogP contribution in [0.2, 0.25) is 0 Å². The van der Waals surface area contributed by atoms with E-state index in [1.807, 2.05) is 54.6 Å². The quantitative estimate of drug-likeness (QED) is 0.383. The third kappa shape index (κ3) is 3.56. The Hall–Kier alpha value is -2.41. The van der Waals surface area contributed by atoms with Crippen molar-refractivity contribution >= 4 is 45.5 Å². The lowest BCUT2D eigenvalue weighted by Gasteiger charge is -2.07. The Morgan fingerprint density at radius 1 is 1.08 bits per heavy atom. The molecule has 3 rings (SSSR count). The summed E-state index contributed by atoms with van der Waals surface area (Å²) in [6.07, 6.45) is 1.65. The number of hydrazone groups is 1. The molecule has 5 heteroatoms. The molecule has 1 N–H and O–H groups in total. The minimum absolute atomic E-state index is 0.234. The minimum atomic E-state index is -0.234. The van der Waals surface area contributed by atoms with E-state index in [1.54, 1.807) is 19.4 Å². The zero-order valence-electron chi connectivity index (χ0n) is 13.0. The van der Waals surface area contributed by atoms with Crippen molar-refractivity contribution in [3.05, 3.63) is 75.4 Å². The Kier molecular flexibility index (Phi) is 5.10. The molecule has 0 heterocycles. The predicted molar refractivity (Wildman–Crippen MR) is 105 cm³/mol. The normalized spacial score (nSPS) is 10.9. The van der Waals surface area contributed by atoms with Crippen LogP contribution in [0.4, 0.5) is 0 Å². The van der Waals surface area contributed by atoms with E-state index in [0.717, 1.165) is 25.7 Å². The lowest BCUT2D eigenvalue weighted by atomic mass is 10.0. The maximum atomic E-state index is 12.1. The number of nitrogens with zero attached hydrogens (tertiary/aromatic N) is 1. The van der Waals surface area contributed by atoms with Gasteiger partial charge in [0, 0.05) is 20.1 Å². The van der Waals surface area contributed by atoms with Crippen molar-refractivity contribution in [2.75, 3.05) is 7.11 Å². The minimum Gasteiger partial charge on any atom is -0.496 e. The van der Waals surface area contributed by atoms with Crippen LogP contribution in [0.1, 0.15) is 15.9 Å². The first-order valence-electron chi connectivity index (χ1n) is 7.34. The molecule has 0 saturated heterocycles. The second-order valence-corrected chi connectivity index (χ2v) is 6.36. The van der Waals surface area contributed by atoms with E-state index in [4.69, 9.17) is 4.74 Å². The van der Waals surface area contributed by atoms with E-state index < -0.39 is 0 Å². The van der Waals surface area contributed by atoms with Crippen LogP contribution in [0.3, 0.4) is 0 Å². The highest BCUT2D eigenvalue weighted by molar-refractivity contribution is 14.1. The van der Waals surface area contributed by atoms with Crippen LogP contribution >= 0.6 is 22.6 Å². The molecule has 0 aliphatic heterocycles. The fourth-order valence-corrected chi connectivity index (χ4v) is 2.98. The third-order valence-electron chi connectivity index (χ3n) is 3.59. The fraction of sp³-hybridized carbons (Fsp3) is 0.0526. The first-order valence-corrected chi connectivity index (χ1v) is 8.41. The molecule has 0 fully saturated rings. The molecule has 0 bridgehead atoms. The molecular formula is C19H15IN2O2. The molecular weight excluding hydrogens is 415 g/mol. The van der Waals surface area contributed by atoms with Crippen LogP contribution in [0.5, 0.6) is 5.75 Å². The highest BCUT2D eigenvalue weighted by Gasteiger charge is 2.06. The predicted octanol–water partition coefficient (Wildman–Crippen LogP) is 4.22. The number of carbonyl (C=O) groups excluding carboxylic acids is 1. The molecule has 24 heavy (non-hydrogen) atoms. The van der Waals surface area contributed by atoms with E-state index in [-0.39, 0.29) is 5.91 Å². The summed E-state index contributed by atoms with van der Waals surface area (Å²) >= 11 is 2.17. The van der Waals surface area contributed by atoms with Gasteiger partial charge in [0.15, 0.2) is 0 Å². The van der Waals surface area contributed by atoms with Crippen LogP contribution in [0.25, 0.3) is 10.8 Å². The smallest absolute Gasteiger partial charge is 0.271 e. The van der Waals surface area contributed by atoms with Crippen molar-refractivity contribution in [1.82, 2.24) is 5.43 Å². The topological polar surface area (TPSA) is 50.7 Å². The van der Waals surface area contributed by atoms with Crippen molar-refractivity contribution in [2.45, 2.75) is 0 Å². The second kappa shape index (κ2) is 7.44. The van der Waals surface area contributed by atoms with Gasteiger partial charge in [-0.15, -0.1) is 0 Å². The summed E-state index contributed by atoms with van der Waals surface area (Å²) < 4.78 is 6.38. The number of rotatable bonds is 4. The molecule has 1 amide bonds. The van der Waals surface area contributed by atoms with Gasteiger partial charge < -0.3 is 4.74 Å². The summed E-state index contributed by atoms with van der Waals surface area (Å²) in [5, 5.41) is 6.11. The van der Waals surface area contributed by atoms with Gasteiger partial charge in [0.1, 0.15) is 5.75 Å². The summed E-state index contributed by atoms with van der Waals surface area (Å²) in [7, 11) is 1.65. The average molecular weight is 430 g/mol. The van der Waals surface area contributed by atoms with Crippen molar-refractivity contribution in [1.29, 1.82) is 0 Å². The van der Waals surface area contributed by atoms with Gasteiger partial charge >= 0.3 is 0 Å². The van der Waals surface area contributed by atoms with E-state index in [0.29, 0.717) is 5.56 Å². The lowest BCUT2D eigenvalue weighted by molar-refractivity contribution is 0.0955. The fourth-order valence-electron chi connectivity index (χ4n) is 2.44. The molecule has 0 spiro atoms. The van der Waals surface area contributed by atoms with E-state index in [1.165, 1.54) is 0 Å². The molecule has 0 aromatic heterocycles. The number of amides is 1. The van der Waals surface area contributed by atoms with Gasteiger partial charge in [-0.3, -0.25) is 4.79 Å². The number of benzene rings is 3. The average Bonchev–Trinajstić information content (AvgIpc) is 2.61. The van der Waals surface area contributed by atoms with Crippen LogP contribution in [0, 0.1) is 3.57 Å². The van der Waals surface area contributed by atoms with Gasteiger partial charge in [-0.05, 0) is 58.3 Å². The van der Waals surface area contributed by atoms with Gasteiger partial charge in [-0.2, -0.15) is 5.10 Å². The Balaban J connectivity index is 1.82. The second-order valence-electron chi connectivity index (χ2n) is 5.11. The van der Waals surface area contributed by atoms with Crippen molar-refractivity contribution in [3.63, 3.8) is 0 Å². The molecule has 0 aliphatic rings. The molecule has 0 saturated carbocycles. The van der Waals surface area contributed by atoms with Gasteiger partial charge in [-0.25, -0.2) is 5.43 Å². The summed E-state index contributed by atoms with van der Waals surface area (Å²) in [4.78, 5) is 12.1. The van der Waals surface area contributed by atoms with Gasteiger partial charge in [-0.1, -0.05) is 30.3 Å². The van der Waals surface area contributed by atoms with Gasteiger partial charge in [0.2, 0.25) is 0 Å². The first kappa shape index (κ1) is 16.4. The molecule has 0 unspecified atom stereocenters. The number of nitrogens with one attached hydrogen (secondary N) is 1. The van der Waals surface area contributed by atoms with Crippen molar-refractivity contribution < 1.29 is 9.53 Å². The largest absolute Gasteiger partial charge is 0.496 e. The van der Waals surface area contributed by atoms with Crippen LogP contribution in [-0.4, -0.2) is 19.2 Å². The van der Waals surface area contributed by atoms with Gasteiger partial charge in [0.05, 0.1) is 13.3 Å². The first-order chi connectivity index (χ1) is 11.7. The van der Waals surface area contributed by atoms with Crippen LogP contribution in [0.15, 0.2) is 65.8 Å². The third-order valence-corrected chi connectivity index (χ3v) is 4.27. The molecule has 0 aliphatic carbocycles. The maximum Gasteiger partial charge on any atom is 0.271 e. The Labute approximate surface area is 153 Å². The van der Waals surface area contributed by atoms with E-state index in [9.17, 15) is 4.79 Å². The highest BCUT2D eigenvalue weighted by atomic mass is 127. The number of methoxy groups -OCH3 is 1. The Morgan fingerprint density at radius 3 is 2.62 bits per heavy atom. The molecule has 120 valence electrons. The maximum absolute atomic E-state index is 12.1. The molecule has 3 aromatic carbocycles. The van der Waals surface area contributed by atoms with E-state index in [2.05, 4.69) is 33.1 Å². The number of carbonyl (C=O) groups is 1. The lowest BCUT2D eigenvalue weighted by Crippen LogP contribution is -2.17. The summed E-state index contributed by atoms with van der Waals surface area (Å²) in [6, 6.07) is 19.1. The number of fused-ring (bicyclic) bond motifs is 1. The monoisotopic (exact) mass is 430 g/mol. The van der Waals surface area contributed by atoms with Crippen LogP contribution in [-0.2, 0) is 0 Å². The number of hydrogen-bond acceptors (Lipinski definition) is 3. The zero-order chi connectivity index (χ0) is 16.9. The summed E-state index contributed by atoms with van der Waals surface area (Å²) in [5.74, 6) is 0.577. The SMILES string of the molecule is COc1ccc(C=NNC(=O)c2cccc(I)c2)c2ccccc12. The van der Waals surface area contributed by atoms with Crippen molar-refractivity contribution in [3.8, 4) is 5.75 Å². The molecule has 0 radical (unpaired) electrons. The Morgan fingerprint density at radius 2 is 1.88 bits per heavy atom. The number of ether oxygens (including phenoxy) is 1. The van der Waals surface area contributed by atoms with E-state index >= 15 is 0 Å². The Bertz CT molecular complexity index is 922. The molecule has 4 nitrogen and oxygen atoms in total. The summed E-state index contributed by atoms with van der Waals surface area (Å²) in [5.41, 5.74) is 4.06. The highest BCUT2D eigenvalue weighted by Crippen LogP contribution is 2.27. The zero-order valence-corrected chi connectivity index (χ0v) is 15.2. The van der Waals surface area contributed by atoms with Crippen molar-refractivity contribution in [2.24, 2.45) is 5.10 Å². The van der Waals surface area contributed by atoms with Crippen LogP contribution < -0.4 is 10.2 Å². The number of hydrogen-bond donors (Lipinski definition) is 1.